The Bertz CT molecular complexity index is 821. The van der Waals surface area contributed by atoms with Crippen molar-refractivity contribution in [1.29, 1.82) is 0 Å². The SMILES string of the molecule is CC(C)(C)OC(=O)NCc1cc(Br)c2c(c1)C(=O)N(C1CCC(=O)NC1O)C2. The van der Waals surface area contributed by atoms with Crippen LogP contribution in [0, 0.1) is 0 Å². The van der Waals surface area contributed by atoms with Crippen LogP contribution in [0.4, 0.5) is 4.79 Å². The Labute approximate surface area is 171 Å². The van der Waals surface area contributed by atoms with E-state index in [1.165, 1.54) is 0 Å². The second kappa shape index (κ2) is 7.71. The van der Waals surface area contributed by atoms with Crippen LogP contribution in [-0.2, 0) is 22.6 Å². The van der Waals surface area contributed by atoms with Gasteiger partial charge in [-0.25, -0.2) is 4.79 Å². The molecule has 2 heterocycles. The summed E-state index contributed by atoms with van der Waals surface area (Å²) < 4.78 is 5.98. The van der Waals surface area contributed by atoms with E-state index in [1.54, 1.807) is 31.7 Å². The van der Waals surface area contributed by atoms with Crippen LogP contribution in [0.25, 0.3) is 0 Å². The summed E-state index contributed by atoms with van der Waals surface area (Å²) in [5.41, 5.74) is 1.52. The number of carbonyl (C=O) groups is 3. The molecule has 2 aliphatic rings. The number of hydrogen-bond acceptors (Lipinski definition) is 5. The molecule has 8 nitrogen and oxygen atoms in total. The number of carbonyl (C=O) groups excluding carboxylic acids is 3. The summed E-state index contributed by atoms with van der Waals surface area (Å²) in [7, 11) is 0. The molecule has 0 spiro atoms. The van der Waals surface area contributed by atoms with E-state index >= 15 is 0 Å². The monoisotopic (exact) mass is 453 g/mol. The molecule has 1 aromatic carbocycles. The first-order valence-electron chi connectivity index (χ1n) is 9.12. The molecule has 28 heavy (non-hydrogen) atoms. The fraction of sp³-hybridized carbons (Fsp3) is 0.526. The molecule has 2 aliphatic heterocycles. The number of ether oxygens (including phenoxy) is 1. The minimum atomic E-state index is -1.08. The Morgan fingerprint density at radius 3 is 2.75 bits per heavy atom. The number of fused-ring (bicyclic) bond motifs is 1. The zero-order chi connectivity index (χ0) is 20.6. The highest BCUT2D eigenvalue weighted by Gasteiger charge is 2.39. The van der Waals surface area contributed by atoms with Gasteiger partial charge in [-0.2, -0.15) is 0 Å². The summed E-state index contributed by atoms with van der Waals surface area (Å²) in [4.78, 5) is 37.8. The van der Waals surface area contributed by atoms with Crippen LogP contribution in [0.15, 0.2) is 16.6 Å². The lowest BCUT2D eigenvalue weighted by molar-refractivity contribution is -0.129. The fourth-order valence-corrected chi connectivity index (χ4v) is 4.03. The van der Waals surface area contributed by atoms with E-state index in [2.05, 4.69) is 26.6 Å². The van der Waals surface area contributed by atoms with Crippen molar-refractivity contribution in [2.24, 2.45) is 0 Å². The number of rotatable bonds is 3. The topological polar surface area (TPSA) is 108 Å². The number of aliphatic hydroxyl groups excluding tert-OH is 1. The number of piperidine rings is 1. The van der Waals surface area contributed by atoms with Crippen LogP contribution in [0.1, 0.15) is 55.1 Å². The predicted molar refractivity (Wildman–Crippen MR) is 104 cm³/mol. The third-order valence-corrected chi connectivity index (χ3v) is 5.36. The van der Waals surface area contributed by atoms with Gasteiger partial charge in [-0.15, -0.1) is 0 Å². The molecule has 0 saturated carbocycles. The van der Waals surface area contributed by atoms with Crippen LogP contribution in [0.3, 0.4) is 0 Å². The predicted octanol–water partition coefficient (Wildman–Crippen LogP) is 2.03. The number of hydrogen-bond donors (Lipinski definition) is 3. The van der Waals surface area contributed by atoms with Gasteiger partial charge in [0, 0.05) is 29.5 Å². The molecule has 3 rings (SSSR count). The average Bonchev–Trinajstić information content (AvgIpc) is 2.89. The van der Waals surface area contributed by atoms with E-state index < -0.39 is 24.0 Å². The van der Waals surface area contributed by atoms with E-state index in [0.717, 1.165) is 15.6 Å². The molecule has 1 fully saturated rings. The Hall–Kier alpha value is -2.13. The zero-order valence-electron chi connectivity index (χ0n) is 16.0. The van der Waals surface area contributed by atoms with Crippen LogP contribution in [0.2, 0.25) is 0 Å². The molecule has 152 valence electrons. The first-order chi connectivity index (χ1) is 13.0. The van der Waals surface area contributed by atoms with Gasteiger partial charge in [-0.05, 0) is 50.5 Å². The Kier molecular flexibility index (Phi) is 5.67. The van der Waals surface area contributed by atoms with Crippen molar-refractivity contribution < 1.29 is 24.2 Å². The van der Waals surface area contributed by atoms with E-state index in [1.807, 2.05) is 6.07 Å². The van der Waals surface area contributed by atoms with Gasteiger partial charge in [-0.1, -0.05) is 15.9 Å². The molecule has 3 N–H and O–H groups in total. The molecule has 0 aromatic heterocycles. The number of alkyl carbamates (subject to hydrolysis) is 1. The summed E-state index contributed by atoms with van der Waals surface area (Å²) in [6.07, 6.45) is -0.921. The summed E-state index contributed by atoms with van der Waals surface area (Å²) in [5.74, 6) is -0.417. The third kappa shape index (κ3) is 4.47. The summed E-state index contributed by atoms with van der Waals surface area (Å²) in [5, 5.41) is 15.3. The quantitative estimate of drug-likeness (QED) is 0.648. The normalized spacial score (nSPS) is 22.0. The lowest BCUT2D eigenvalue weighted by Crippen LogP contribution is -2.55. The maximum absolute atomic E-state index is 12.9. The molecule has 1 aromatic rings. The van der Waals surface area contributed by atoms with Crippen molar-refractivity contribution in [3.8, 4) is 0 Å². The maximum Gasteiger partial charge on any atom is 0.407 e. The Morgan fingerprint density at radius 2 is 2.11 bits per heavy atom. The maximum atomic E-state index is 12.9. The van der Waals surface area contributed by atoms with Gasteiger partial charge < -0.3 is 25.4 Å². The van der Waals surface area contributed by atoms with Gasteiger partial charge in [-0.3, -0.25) is 9.59 Å². The third-order valence-electron chi connectivity index (χ3n) is 4.65. The molecule has 2 unspecified atom stereocenters. The number of amides is 3. The van der Waals surface area contributed by atoms with Crippen molar-refractivity contribution in [3.63, 3.8) is 0 Å². The summed E-state index contributed by atoms with van der Waals surface area (Å²) in [6.45, 7) is 5.93. The van der Waals surface area contributed by atoms with Crippen molar-refractivity contribution >= 4 is 33.8 Å². The van der Waals surface area contributed by atoms with E-state index in [9.17, 15) is 19.5 Å². The van der Waals surface area contributed by atoms with Gasteiger partial charge in [0.15, 0.2) is 0 Å². The molecule has 0 aliphatic carbocycles. The number of halogens is 1. The van der Waals surface area contributed by atoms with Crippen molar-refractivity contribution in [3.05, 3.63) is 33.3 Å². The molecule has 0 radical (unpaired) electrons. The van der Waals surface area contributed by atoms with E-state index in [4.69, 9.17) is 4.74 Å². The molecule has 9 heteroatoms. The summed E-state index contributed by atoms with van der Waals surface area (Å²) in [6, 6.07) is 3.13. The largest absolute Gasteiger partial charge is 0.444 e. The molecular formula is C19H24BrN3O5. The highest BCUT2D eigenvalue weighted by Crippen LogP contribution is 2.34. The van der Waals surface area contributed by atoms with E-state index in [0.29, 0.717) is 18.5 Å². The van der Waals surface area contributed by atoms with Gasteiger partial charge in [0.05, 0.1) is 6.04 Å². The van der Waals surface area contributed by atoms with Crippen LogP contribution in [0.5, 0.6) is 0 Å². The van der Waals surface area contributed by atoms with Gasteiger partial charge in [0.1, 0.15) is 11.8 Å². The molecule has 0 bridgehead atoms. The smallest absolute Gasteiger partial charge is 0.407 e. The molecule has 3 amide bonds. The molecule has 1 saturated heterocycles. The second-order valence-corrected chi connectivity index (χ2v) is 8.86. The molecular weight excluding hydrogens is 430 g/mol. The van der Waals surface area contributed by atoms with Crippen molar-refractivity contribution in [1.82, 2.24) is 15.5 Å². The lowest BCUT2D eigenvalue weighted by atomic mass is 10.0. The van der Waals surface area contributed by atoms with Crippen LogP contribution >= 0.6 is 15.9 Å². The lowest BCUT2D eigenvalue weighted by Gasteiger charge is -2.35. The van der Waals surface area contributed by atoms with Crippen LogP contribution < -0.4 is 10.6 Å². The van der Waals surface area contributed by atoms with Gasteiger partial charge >= 0.3 is 6.09 Å². The standard InChI is InChI=1S/C19H24BrN3O5/c1-19(2,3)28-18(27)21-8-10-6-11-12(13(20)7-10)9-23(17(11)26)14-4-5-15(24)22-16(14)25/h6-7,14,16,25H,4-5,8-9H2,1-3H3,(H,21,27)(H,22,24). The molecule has 2 atom stereocenters. The number of nitrogens with zero attached hydrogens (tertiary/aromatic N) is 1. The highest BCUT2D eigenvalue weighted by molar-refractivity contribution is 9.10. The minimum absolute atomic E-state index is 0.199. The Balaban J connectivity index is 1.72. The fourth-order valence-electron chi connectivity index (χ4n) is 3.40. The number of benzene rings is 1. The number of nitrogens with one attached hydrogen (secondary N) is 2. The van der Waals surface area contributed by atoms with Crippen LogP contribution in [-0.4, -0.2) is 45.8 Å². The van der Waals surface area contributed by atoms with Crippen molar-refractivity contribution in [2.45, 2.75) is 64.6 Å². The zero-order valence-corrected chi connectivity index (χ0v) is 17.6. The first-order valence-corrected chi connectivity index (χ1v) is 9.91. The summed E-state index contributed by atoms with van der Waals surface area (Å²) >= 11 is 3.50. The van der Waals surface area contributed by atoms with Crippen molar-refractivity contribution in [2.75, 3.05) is 0 Å². The van der Waals surface area contributed by atoms with Gasteiger partial charge in [0.2, 0.25) is 5.91 Å². The average molecular weight is 454 g/mol. The first kappa shape index (κ1) is 20.6. The Morgan fingerprint density at radius 1 is 1.39 bits per heavy atom. The minimum Gasteiger partial charge on any atom is -0.444 e. The van der Waals surface area contributed by atoms with E-state index in [-0.39, 0.29) is 24.8 Å². The highest BCUT2D eigenvalue weighted by atomic mass is 79.9. The number of aliphatic hydroxyl groups is 1. The second-order valence-electron chi connectivity index (χ2n) is 8.01. The van der Waals surface area contributed by atoms with Gasteiger partial charge in [0.25, 0.3) is 5.91 Å².